The van der Waals surface area contributed by atoms with E-state index in [4.69, 9.17) is 9.47 Å². The summed E-state index contributed by atoms with van der Waals surface area (Å²) in [6.07, 6.45) is 1.76. The van der Waals surface area contributed by atoms with Crippen LogP contribution in [0.1, 0.15) is 29.8 Å². The number of hydrogen-bond donors (Lipinski definition) is 0. The fourth-order valence-electron chi connectivity index (χ4n) is 3.25. The predicted octanol–water partition coefficient (Wildman–Crippen LogP) is 4.06. The number of rotatable bonds is 4. The third-order valence-corrected chi connectivity index (χ3v) is 4.69. The average molecular weight is 362 g/mol. The lowest BCUT2D eigenvalue weighted by atomic mass is 10.1. The van der Waals surface area contributed by atoms with Crippen molar-refractivity contribution >= 4 is 16.8 Å². The fraction of sp³-hybridized carbons (Fsp3) is 0.273. The lowest BCUT2D eigenvalue weighted by Gasteiger charge is -2.28. The molecule has 0 spiro atoms. The highest BCUT2D eigenvalue weighted by atomic mass is 16.6. The number of ether oxygens (including phenoxy) is 2. The summed E-state index contributed by atoms with van der Waals surface area (Å²) in [5, 5.41) is 0.964. The van der Waals surface area contributed by atoms with Gasteiger partial charge in [0.15, 0.2) is 11.5 Å². The maximum Gasteiger partial charge on any atom is 0.254 e. The smallest absolute Gasteiger partial charge is 0.254 e. The van der Waals surface area contributed by atoms with E-state index in [1.165, 1.54) is 0 Å². The Balaban J connectivity index is 1.60. The standard InChI is InChI=1S/C22H22N2O3/c1-15(2)24(14-16-5-8-20-21(12-16)27-11-10-26-20)22(25)18-6-7-19-17(13-18)4-3-9-23-19/h3-9,12-13,15H,10-11,14H2,1-2H3. The van der Waals surface area contributed by atoms with E-state index in [0.29, 0.717) is 25.3 Å². The maximum atomic E-state index is 13.2. The van der Waals surface area contributed by atoms with Gasteiger partial charge < -0.3 is 14.4 Å². The normalized spacial score (nSPS) is 13.0. The highest BCUT2D eigenvalue weighted by Crippen LogP contribution is 2.31. The van der Waals surface area contributed by atoms with Crippen LogP contribution in [0, 0.1) is 0 Å². The van der Waals surface area contributed by atoms with E-state index in [-0.39, 0.29) is 11.9 Å². The van der Waals surface area contributed by atoms with Crippen molar-refractivity contribution in [3.63, 3.8) is 0 Å². The van der Waals surface area contributed by atoms with Gasteiger partial charge in [0.05, 0.1) is 5.52 Å². The molecule has 1 aliphatic heterocycles. The molecule has 1 aliphatic rings. The largest absolute Gasteiger partial charge is 0.486 e. The summed E-state index contributed by atoms with van der Waals surface area (Å²) >= 11 is 0. The van der Waals surface area contributed by atoms with Crippen LogP contribution in [0.5, 0.6) is 11.5 Å². The molecule has 0 unspecified atom stereocenters. The molecule has 1 aromatic heterocycles. The molecule has 5 heteroatoms. The van der Waals surface area contributed by atoms with Crippen molar-refractivity contribution in [2.24, 2.45) is 0 Å². The lowest BCUT2D eigenvalue weighted by Crippen LogP contribution is -2.36. The number of pyridine rings is 1. The molecule has 0 saturated heterocycles. The zero-order chi connectivity index (χ0) is 18.8. The average Bonchev–Trinajstić information content (AvgIpc) is 2.70. The molecule has 0 aliphatic carbocycles. The van der Waals surface area contributed by atoms with Gasteiger partial charge >= 0.3 is 0 Å². The summed E-state index contributed by atoms with van der Waals surface area (Å²) in [4.78, 5) is 19.4. The quantitative estimate of drug-likeness (QED) is 0.702. The number of benzene rings is 2. The summed E-state index contributed by atoms with van der Waals surface area (Å²) in [7, 11) is 0. The second kappa shape index (κ2) is 7.27. The van der Waals surface area contributed by atoms with Crippen molar-refractivity contribution in [2.45, 2.75) is 26.4 Å². The van der Waals surface area contributed by atoms with Gasteiger partial charge in [-0.15, -0.1) is 0 Å². The second-order valence-electron chi connectivity index (χ2n) is 6.92. The first-order valence-electron chi connectivity index (χ1n) is 9.16. The van der Waals surface area contributed by atoms with Crippen LogP contribution in [0.4, 0.5) is 0 Å². The van der Waals surface area contributed by atoms with Crippen molar-refractivity contribution in [1.82, 2.24) is 9.88 Å². The van der Waals surface area contributed by atoms with Crippen molar-refractivity contribution < 1.29 is 14.3 Å². The van der Waals surface area contributed by atoms with Crippen LogP contribution in [0.3, 0.4) is 0 Å². The predicted molar refractivity (Wildman–Crippen MR) is 104 cm³/mol. The molecule has 27 heavy (non-hydrogen) atoms. The Labute approximate surface area is 158 Å². The molecule has 2 aromatic carbocycles. The molecule has 138 valence electrons. The number of carbonyl (C=O) groups excluding carboxylic acids is 1. The van der Waals surface area contributed by atoms with Gasteiger partial charge in [0.1, 0.15) is 13.2 Å². The number of aromatic nitrogens is 1. The fourth-order valence-corrected chi connectivity index (χ4v) is 3.25. The summed E-state index contributed by atoms with van der Waals surface area (Å²) in [5.74, 6) is 1.51. The molecule has 0 fully saturated rings. The number of nitrogens with zero attached hydrogens (tertiary/aromatic N) is 2. The first kappa shape index (κ1) is 17.3. The van der Waals surface area contributed by atoms with Crippen LogP contribution < -0.4 is 9.47 Å². The van der Waals surface area contributed by atoms with Crippen LogP contribution in [0.2, 0.25) is 0 Å². The Morgan fingerprint density at radius 3 is 2.70 bits per heavy atom. The molecular formula is C22H22N2O3. The van der Waals surface area contributed by atoms with E-state index in [1.807, 2.05) is 67.3 Å². The van der Waals surface area contributed by atoms with Crippen molar-refractivity contribution in [3.05, 3.63) is 65.9 Å². The Hall–Kier alpha value is -3.08. The first-order chi connectivity index (χ1) is 13.1. The van der Waals surface area contributed by atoms with Gasteiger partial charge in [-0.1, -0.05) is 12.1 Å². The third kappa shape index (κ3) is 3.58. The lowest BCUT2D eigenvalue weighted by molar-refractivity contribution is 0.0690. The van der Waals surface area contributed by atoms with Crippen LogP contribution in [-0.2, 0) is 6.54 Å². The molecular weight excluding hydrogens is 340 g/mol. The zero-order valence-corrected chi connectivity index (χ0v) is 15.5. The Morgan fingerprint density at radius 1 is 1.07 bits per heavy atom. The van der Waals surface area contributed by atoms with E-state index in [0.717, 1.165) is 28.0 Å². The summed E-state index contributed by atoms with van der Waals surface area (Å²) < 4.78 is 11.2. The third-order valence-electron chi connectivity index (χ3n) is 4.69. The van der Waals surface area contributed by atoms with Crippen LogP contribution in [-0.4, -0.2) is 35.0 Å². The molecule has 3 aromatic rings. The Morgan fingerprint density at radius 2 is 1.89 bits per heavy atom. The van der Waals surface area contributed by atoms with Gasteiger partial charge in [0.25, 0.3) is 5.91 Å². The second-order valence-corrected chi connectivity index (χ2v) is 6.92. The van der Waals surface area contributed by atoms with Crippen LogP contribution in [0.15, 0.2) is 54.7 Å². The number of hydrogen-bond acceptors (Lipinski definition) is 4. The topological polar surface area (TPSA) is 51.7 Å². The van der Waals surface area contributed by atoms with E-state index in [1.54, 1.807) is 6.20 Å². The zero-order valence-electron chi connectivity index (χ0n) is 15.5. The molecule has 5 nitrogen and oxygen atoms in total. The number of amides is 1. The molecule has 0 N–H and O–H groups in total. The minimum Gasteiger partial charge on any atom is -0.486 e. The number of fused-ring (bicyclic) bond motifs is 2. The van der Waals surface area contributed by atoms with Crippen molar-refractivity contribution in [3.8, 4) is 11.5 Å². The highest BCUT2D eigenvalue weighted by Gasteiger charge is 2.21. The van der Waals surface area contributed by atoms with E-state index in [9.17, 15) is 4.79 Å². The monoisotopic (exact) mass is 362 g/mol. The SMILES string of the molecule is CC(C)N(Cc1ccc2c(c1)OCCO2)C(=O)c1ccc2ncccc2c1. The maximum absolute atomic E-state index is 13.2. The van der Waals surface area contributed by atoms with Crippen LogP contribution >= 0.6 is 0 Å². The van der Waals surface area contributed by atoms with Gasteiger partial charge in [0.2, 0.25) is 0 Å². The molecule has 0 radical (unpaired) electrons. The summed E-state index contributed by atoms with van der Waals surface area (Å²) in [6, 6.07) is 15.4. The Kier molecular flexibility index (Phi) is 4.67. The number of carbonyl (C=O) groups is 1. The van der Waals surface area contributed by atoms with Crippen molar-refractivity contribution in [1.29, 1.82) is 0 Å². The Bertz CT molecular complexity index is 984. The van der Waals surface area contributed by atoms with Gasteiger partial charge in [-0.2, -0.15) is 0 Å². The molecule has 0 saturated carbocycles. The van der Waals surface area contributed by atoms with Crippen LogP contribution in [0.25, 0.3) is 10.9 Å². The highest BCUT2D eigenvalue weighted by molar-refractivity contribution is 5.98. The minimum atomic E-state index is 0.00522. The minimum absolute atomic E-state index is 0.00522. The molecule has 0 atom stereocenters. The summed E-state index contributed by atoms with van der Waals surface area (Å²) in [5.41, 5.74) is 2.57. The van der Waals surface area contributed by atoms with Gasteiger partial charge in [0, 0.05) is 29.7 Å². The van der Waals surface area contributed by atoms with E-state index >= 15 is 0 Å². The van der Waals surface area contributed by atoms with E-state index < -0.39 is 0 Å². The summed E-state index contributed by atoms with van der Waals surface area (Å²) in [6.45, 7) is 5.68. The molecule has 4 rings (SSSR count). The van der Waals surface area contributed by atoms with E-state index in [2.05, 4.69) is 4.98 Å². The van der Waals surface area contributed by atoms with Gasteiger partial charge in [-0.25, -0.2) is 0 Å². The van der Waals surface area contributed by atoms with Gasteiger partial charge in [-0.3, -0.25) is 9.78 Å². The molecule has 2 heterocycles. The first-order valence-corrected chi connectivity index (χ1v) is 9.16. The van der Waals surface area contributed by atoms with Gasteiger partial charge in [-0.05, 0) is 55.8 Å². The van der Waals surface area contributed by atoms with Crippen molar-refractivity contribution in [2.75, 3.05) is 13.2 Å². The molecule has 1 amide bonds. The molecule has 0 bridgehead atoms.